The number of nitrogens with zero attached hydrogens (tertiary/aromatic N) is 3. The lowest BCUT2D eigenvalue weighted by molar-refractivity contribution is -0.127. The molecule has 0 N–H and O–H groups in total. The smallest absolute Gasteiger partial charge is 0.262 e. The zero-order valence-corrected chi connectivity index (χ0v) is 13.8. The van der Waals surface area contributed by atoms with Crippen molar-refractivity contribution in [3.8, 4) is 0 Å². The number of fused-ring (bicyclic) bond motifs is 1. The molecule has 0 unspecified atom stereocenters. The van der Waals surface area contributed by atoms with Crippen molar-refractivity contribution >= 4 is 28.6 Å². The molecule has 22 heavy (non-hydrogen) atoms. The number of aromatic nitrogens is 2. The molecule has 0 saturated carbocycles. The number of hydrogen-bond acceptors (Lipinski definition) is 4. The molecule has 1 atom stereocenters. The summed E-state index contributed by atoms with van der Waals surface area (Å²) in [7, 11) is 3.42. The Morgan fingerprint density at radius 2 is 2.14 bits per heavy atom. The molecular weight excluding hydrogens is 298 g/mol. The standard InChI is InChI=1S/C16H19N3O2S/c1-5-10-19-15(21)12-8-6-7-9-13(12)17-16(19)22-11(2)14(20)18(3)4/h5-9,11H,1,10H2,2-4H3/t11-/m1/s1. The third-order valence-electron chi connectivity index (χ3n) is 3.21. The van der Waals surface area contributed by atoms with E-state index in [0.717, 1.165) is 0 Å². The topological polar surface area (TPSA) is 55.2 Å². The number of para-hydroxylation sites is 1. The third kappa shape index (κ3) is 3.22. The van der Waals surface area contributed by atoms with Crippen LogP contribution in [-0.4, -0.2) is 39.7 Å². The number of hydrogen-bond donors (Lipinski definition) is 0. The van der Waals surface area contributed by atoms with E-state index in [0.29, 0.717) is 22.6 Å². The number of amides is 1. The molecule has 0 aliphatic carbocycles. The molecule has 2 rings (SSSR count). The van der Waals surface area contributed by atoms with E-state index >= 15 is 0 Å². The molecule has 1 aromatic heterocycles. The lowest BCUT2D eigenvalue weighted by Crippen LogP contribution is -2.31. The zero-order chi connectivity index (χ0) is 16.3. The van der Waals surface area contributed by atoms with Gasteiger partial charge in [-0.15, -0.1) is 6.58 Å². The van der Waals surface area contributed by atoms with Crippen LogP contribution in [0.2, 0.25) is 0 Å². The molecule has 0 fully saturated rings. The van der Waals surface area contributed by atoms with Crippen LogP contribution in [0.15, 0.2) is 46.9 Å². The predicted octanol–water partition coefficient (Wildman–Crippen LogP) is 2.15. The van der Waals surface area contributed by atoms with Gasteiger partial charge in [-0.25, -0.2) is 4.98 Å². The lowest BCUT2D eigenvalue weighted by Gasteiger charge is -2.18. The van der Waals surface area contributed by atoms with Gasteiger partial charge in [-0.1, -0.05) is 30.0 Å². The van der Waals surface area contributed by atoms with E-state index in [1.54, 1.807) is 36.9 Å². The molecule has 1 aromatic carbocycles. The Morgan fingerprint density at radius 3 is 2.77 bits per heavy atom. The van der Waals surface area contributed by atoms with Crippen molar-refractivity contribution in [2.45, 2.75) is 23.9 Å². The van der Waals surface area contributed by atoms with E-state index < -0.39 is 0 Å². The van der Waals surface area contributed by atoms with E-state index in [9.17, 15) is 9.59 Å². The highest BCUT2D eigenvalue weighted by molar-refractivity contribution is 8.00. The third-order valence-corrected chi connectivity index (χ3v) is 4.29. The number of carbonyl (C=O) groups is 1. The molecule has 0 spiro atoms. The Kier molecular flexibility index (Phi) is 5.03. The minimum absolute atomic E-state index is 0.0161. The number of thioether (sulfide) groups is 1. The van der Waals surface area contributed by atoms with Crippen molar-refractivity contribution < 1.29 is 4.79 Å². The molecule has 6 heteroatoms. The van der Waals surface area contributed by atoms with Gasteiger partial charge in [0.2, 0.25) is 5.91 Å². The molecule has 1 heterocycles. The second kappa shape index (κ2) is 6.79. The highest BCUT2D eigenvalue weighted by atomic mass is 32.2. The maximum atomic E-state index is 12.6. The monoisotopic (exact) mass is 317 g/mol. The molecule has 2 aromatic rings. The highest BCUT2D eigenvalue weighted by Gasteiger charge is 2.20. The Hall–Kier alpha value is -2.08. The van der Waals surface area contributed by atoms with E-state index in [1.807, 2.05) is 19.1 Å². The average Bonchev–Trinajstić information content (AvgIpc) is 2.50. The molecule has 1 amide bonds. The molecule has 116 valence electrons. The normalized spacial score (nSPS) is 12.1. The number of allylic oxidation sites excluding steroid dienone is 1. The lowest BCUT2D eigenvalue weighted by atomic mass is 10.2. The SMILES string of the molecule is C=CCn1c(S[C@H](C)C(=O)N(C)C)nc2ccccc2c1=O. The molecule has 0 saturated heterocycles. The molecule has 0 aliphatic heterocycles. The van der Waals surface area contributed by atoms with Crippen LogP contribution in [0, 0.1) is 0 Å². The van der Waals surface area contributed by atoms with Gasteiger partial charge in [-0.2, -0.15) is 0 Å². The van der Waals surface area contributed by atoms with Crippen LogP contribution in [-0.2, 0) is 11.3 Å². The molecular formula is C16H19N3O2S. The Bertz CT molecular complexity index is 768. The average molecular weight is 317 g/mol. The van der Waals surface area contributed by atoms with Crippen LogP contribution >= 0.6 is 11.8 Å². The van der Waals surface area contributed by atoms with Crippen LogP contribution in [0.5, 0.6) is 0 Å². The van der Waals surface area contributed by atoms with Gasteiger partial charge < -0.3 is 4.90 Å². The Labute approximate surface area is 133 Å². The van der Waals surface area contributed by atoms with E-state index in [2.05, 4.69) is 11.6 Å². The second-order valence-electron chi connectivity index (χ2n) is 5.11. The zero-order valence-electron chi connectivity index (χ0n) is 12.9. The summed E-state index contributed by atoms with van der Waals surface area (Å²) in [5.41, 5.74) is 0.525. The Balaban J connectivity index is 2.52. The number of carbonyl (C=O) groups excluding carboxylic acids is 1. The van der Waals surface area contributed by atoms with Gasteiger partial charge in [-0.05, 0) is 19.1 Å². The molecule has 0 bridgehead atoms. The van der Waals surface area contributed by atoms with E-state index in [1.165, 1.54) is 16.7 Å². The first-order valence-electron chi connectivity index (χ1n) is 6.94. The summed E-state index contributed by atoms with van der Waals surface area (Å²) in [6, 6.07) is 7.22. The summed E-state index contributed by atoms with van der Waals surface area (Å²) in [4.78, 5) is 30.7. The maximum Gasteiger partial charge on any atom is 0.262 e. The molecule has 5 nitrogen and oxygen atoms in total. The van der Waals surface area contributed by atoms with Crippen LogP contribution < -0.4 is 5.56 Å². The van der Waals surface area contributed by atoms with Gasteiger partial charge in [0.05, 0.1) is 16.2 Å². The van der Waals surface area contributed by atoms with E-state index in [4.69, 9.17) is 0 Å². The Morgan fingerprint density at radius 1 is 1.45 bits per heavy atom. The second-order valence-corrected chi connectivity index (χ2v) is 6.42. The van der Waals surface area contributed by atoms with Gasteiger partial charge in [0.15, 0.2) is 5.16 Å². The summed E-state index contributed by atoms with van der Waals surface area (Å²) < 4.78 is 1.56. The minimum Gasteiger partial charge on any atom is -0.348 e. The first-order chi connectivity index (χ1) is 10.5. The number of rotatable bonds is 5. The first kappa shape index (κ1) is 16.3. The summed E-state index contributed by atoms with van der Waals surface area (Å²) >= 11 is 1.29. The summed E-state index contributed by atoms with van der Waals surface area (Å²) in [6.45, 7) is 5.86. The van der Waals surface area contributed by atoms with Crippen molar-refractivity contribution in [3.63, 3.8) is 0 Å². The quantitative estimate of drug-likeness (QED) is 0.482. The highest BCUT2D eigenvalue weighted by Crippen LogP contribution is 2.23. The number of benzene rings is 1. The summed E-state index contributed by atoms with van der Waals surface area (Å²) in [5.74, 6) is -0.0161. The van der Waals surface area contributed by atoms with Crippen molar-refractivity contribution in [1.82, 2.24) is 14.5 Å². The fourth-order valence-corrected chi connectivity index (χ4v) is 3.16. The van der Waals surface area contributed by atoms with Crippen LogP contribution in [0.4, 0.5) is 0 Å². The fraction of sp³-hybridized carbons (Fsp3) is 0.312. The van der Waals surface area contributed by atoms with Crippen molar-refractivity contribution in [3.05, 3.63) is 47.3 Å². The largest absolute Gasteiger partial charge is 0.348 e. The van der Waals surface area contributed by atoms with Gasteiger partial charge in [0.25, 0.3) is 5.56 Å². The summed E-state index contributed by atoms with van der Waals surface area (Å²) in [5, 5.41) is 0.783. The summed E-state index contributed by atoms with van der Waals surface area (Å²) in [6.07, 6.45) is 1.65. The fourth-order valence-electron chi connectivity index (χ4n) is 2.10. The van der Waals surface area contributed by atoms with Gasteiger partial charge >= 0.3 is 0 Å². The van der Waals surface area contributed by atoms with Gasteiger partial charge in [-0.3, -0.25) is 14.2 Å². The van der Waals surface area contributed by atoms with Crippen LogP contribution in [0.25, 0.3) is 10.9 Å². The van der Waals surface area contributed by atoms with Gasteiger partial charge in [0, 0.05) is 20.6 Å². The van der Waals surface area contributed by atoms with Crippen molar-refractivity contribution in [1.29, 1.82) is 0 Å². The first-order valence-corrected chi connectivity index (χ1v) is 7.82. The predicted molar refractivity (Wildman–Crippen MR) is 90.2 cm³/mol. The van der Waals surface area contributed by atoms with Crippen LogP contribution in [0.1, 0.15) is 6.92 Å². The maximum absolute atomic E-state index is 12.6. The molecule has 0 aliphatic rings. The molecule has 0 radical (unpaired) electrons. The van der Waals surface area contributed by atoms with Crippen molar-refractivity contribution in [2.24, 2.45) is 0 Å². The van der Waals surface area contributed by atoms with E-state index in [-0.39, 0.29) is 16.7 Å². The van der Waals surface area contributed by atoms with Crippen molar-refractivity contribution in [2.75, 3.05) is 14.1 Å². The van der Waals surface area contributed by atoms with Crippen LogP contribution in [0.3, 0.4) is 0 Å². The minimum atomic E-state index is -0.320. The van der Waals surface area contributed by atoms with Gasteiger partial charge in [0.1, 0.15) is 0 Å².